The van der Waals surface area contributed by atoms with Crippen molar-refractivity contribution in [2.75, 3.05) is 7.11 Å². The minimum Gasteiger partial charge on any atom is -0.371 e. The van der Waals surface area contributed by atoms with Gasteiger partial charge in [-0.05, 0) is 18.2 Å². The number of methoxy groups -OCH3 is 1. The maximum absolute atomic E-state index is 6.04. The molecule has 0 spiro atoms. The molecule has 1 unspecified atom stereocenters. The standard InChI is InChI=1S/C10H8ClNOS/c1-13-7-3-2-6(11)9-8(14)4-5-12-10(7)9/h2-5,7H,1H3. The number of halogens is 1. The summed E-state index contributed by atoms with van der Waals surface area (Å²) < 4.78 is 5.25. The Morgan fingerprint density at radius 1 is 1.50 bits per heavy atom. The Hall–Kier alpha value is -0.770. The SMILES string of the molecule is COC1C=CC(Cl)=C2C(=S)C=CN=C21. The van der Waals surface area contributed by atoms with Gasteiger partial charge in [0.2, 0.25) is 0 Å². The van der Waals surface area contributed by atoms with Gasteiger partial charge in [-0.1, -0.05) is 23.8 Å². The Labute approximate surface area is 92.6 Å². The molecule has 0 aromatic carbocycles. The number of nitrogens with zero attached hydrogens (tertiary/aromatic N) is 1. The number of fused-ring (bicyclic) bond motifs is 1. The van der Waals surface area contributed by atoms with Crippen molar-refractivity contribution in [3.8, 4) is 0 Å². The molecule has 0 aromatic heterocycles. The van der Waals surface area contributed by atoms with Crippen LogP contribution in [0.15, 0.2) is 40.0 Å². The van der Waals surface area contributed by atoms with E-state index in [0.717, 1.165) is 11.3 Å². The van der Waals surface area contributed by atoms with Crippen LogP contribution in [0.1, 0.15) is 0 Å². The fraction of sp³-hybridized carbons (Fsp3) is 0.200. The van der Waals surface area contributed by atoms with E-state index in [1.807, 2.05) is 6.08 Å². The fourth-order valence-corrected chi connectivity index (χ4v) is 2.05. The number of ether oxygens (including phenoxy) is 1. The zero-order chi connectivity index (χ0) is 10.1. The zero-order valence-corrected chi connectivity index (χ0v) is 9.10. The summed E-state index contributed by atoms with van der Waals surface area (Å²) in [5.41, 5.74) is 1.62. The van der Waals surface area contributed by atoms with Crippen molar-refractivity contribution in [3.63, 3.8) is 0 Å². The summed E-state index contributed by atoms with van der Waals surface area (Å²) in [7, 11) is 1.63. The van der Waals surface area contributed by atoms with Gasteiger partial charge in [-0.3, -0.25) is 4.99 Å². The Bertz CT molecular complexity index is 406. The van der Waals surface area contributed by atoms with Crippen LogP contribution in [0.5, 0.6) is 0 Å². The van der Waals surface area contributed by atoms with Gasteiger partial charge in [0.1, 0.15) is 6.10 Å². The number of thiocarbonyl (C=S) groups is 1. The first-order valence-electron chi connectivity index (χ1n) is 4.13. The minimum atomic E-state index is -0.143. The Morgan fingerprint density at radius 2 is 2.29 bits per heavy atom. The molecule has 1 aliphatic carbocycles. The molecule has 2 nitrogen and oxygen atoms in total. The van der Waals surface area contributed by atoms with E-state index in [0.29, 0.717) is 9.90 Å². The number of aliphatic imine (C=N–C) groups is 1. The fourth-order valence-electron chi connectivity index (χ4n) is 1.45. The highest BCUT2D eigenvalue weighted by Gasteiger charge is 2.26. The normalized spacial score (nSPS) is 25.1. The predicted molar refractivity (Wildman–Crippen MR) is 62.0 cm³/mol. The molecule has 4 heteroatoms. The predicted octanol–water partition coefficient (Wildman–Crippen LogP) is 2.40. The molecular weight excluding hydrogens is 218 g/mol. The van der Waals surface area contributed by atoms with Crippen molar-refractivity contribution in [3.05, 3.63) is 35.0 Å². The lowest BCUT2D eigenvalue weighted by molar-refractivity contribution is 0.191. The summed E-state index contributed by atoms with van der Waals surface area (Å²) in [6, 6.07) is 0. The number of hydrogen-bond acceptors (Lipinski definition) is 3. The summed E-state index contributed by atoms with van der Waals surface area (Å²) in [6.45, 7) is 0. The van der Waals surface area contributed by atoms with E-state index in [1.165, 1.54) is 0 Å². The first-order valence-corrected chi connectivity index (χ1v) is 4.92. The molecule has 0 bridgehead atoms. The minimum absolute atomic E-state index is 0.143. The van der Waals surface area contributed by atoms with Gasteiger partial charge in [-0.25, -0.2) is 0 Å². The molecule has 0 saturated carbocycles. The highest BCUT2D eigenvalue weighted by atomic mass is 35.5. The van der Waals surface area contributed by atoms with Crippen molar-refractivity contribution < 1.29 is 4.74 Å². The molecule has 1 aliphatic heterocycles. The summed E-state index contributed by atoms with van der Waals surface area (Å²) in [4.78, 5) is 4.95. The van der Waals surface area contributed by atoms with Gasteiger partial charge >= 0.3 is 0 Å². The molecule has 0 fully saturated rings. The van der Waals surface area contributed by atoms with E-state index >= 15 is 0 Å². The second-order valence-corrected chi connectivity index (χ2v) is 3.78. The molecule has 0 aromatic rings. The molecule has 0 amide bonds. The van der Waals surface area contributed by atoms with Gasteiger partial charge in [-0.2, -0.15) is 0 Å². The second-order valence-electron chi connectivity index (χ2n) is 2.93. The lowest BCUT2D eigenvalue weighted by atomic mass is 9.95. The van der Waals surface area contributed by atoms with E-state index < -0.39 is 0 Å². The van der Waals surface area contributed by atoms with Crippen molar-refractivity contribution in [1.82, 2.24) is 0 Å². The lowest BCUT2D eigenvalue weighted by Crippen LogP contribution is -2.29. The van der Waals surface area contributed by atoms with Gasteiger partial charge in [0, 0.05) is 23.7 Å². The first-order chi connectivity index (χ1) is 6.74. The quantitative estimate of drug-likeness (QED) is 0.640. The van der Waals surface area contributed by atoms with Crippen LogP contribution in [0.2, 0.25) is 0 Å². The molecule has 72 valence electrons. The monoisotopic (exact) mass is 225 g/mol. The third kappa shape index (κ3) is 1.47. The zero-order valence-electron chi connectivity index (χ0n) is 7.53. The largest absolute Gasteiger partial charge is 0.371 e. The van der Waals surface area contributed by atoms with E-state index in [1.54, 1.807) is 25.5 Å². The summed E-state index contributed by atoms with van der Waals surface area (Å²) >= 11 is 11.2. The van der Waals surface area contributed by atoms with E-state index in [2.05, 4.69) is 4.99 Å². The van der Waals surface area contributed by atoms with Crippen molar-refractivity contribution in [2.24, 2.45) is 4.99 Å². The topological polar surface area (TPSA) is 21.6 Å². The highest BCUT2D eigenvalue weighted by Crippen LogP contribution is 2.26. The van der Waals surface area contributed by atoms with E-state index in [4.69, 9.17) is 28.6 Å². The third-order valence-electron chi connectivity index (χ3n) is 2.12. The van der Waals surface area contributed by atoms with E-state index in [9.17, 15) is 0 Å². The van der Waals surface area contributed by atoms with Crippen LogP contribution in [-0.4, -0.2) is 23.8 Å². The maximum Gasteiger partial charge on any atom is 0.118 e. The Kier molecular flexibility index (Phi) is 2.63. The van der Waals surface area contributed by atoms with Crippen molar-refractivity contribution in [1.29, 1.82) is 0 Å². The summed E-state index contributed by atoms with van der Waals surface area (Å²) in [5.74, 6) is 0. The highest BCUT2D eigenvalue weighted by molar-refractivity contribution is 7.81. The molecule has 2 rings (SSSR count). The number of hydrogen-bond donors (Lipinski definition) is 0. The van der Waals surface area contributed by atoms with Crippen LogP contribution in [0.25, 0.3) is 0 Å². The number of rotatable bonds is 1. The second kappa shape index (κ2) is 3.77. The molecule has 0 N–H and O–H groups in total. The number of allylic oxidation sites excluding steroid dienone is 3. The van der Waals surface area contributed by atoms with Gasteiger partial charge in [0.15, 0.2) is 0 Å². The van der Waals surface area contributed by atoms with Crippen LogP contribution in [0.3, 0.4) is 0 Å². The van der Waals surface area contributed by atoms with Gasteiger partial charge in [0.25, 0.3) is 0 Å². The van der Waals surface area contributed by atoms with Crippen LogP contribution in [-0.2, 0) is 4.74 Å². The molecule has 2 aliphatic rings. The summed E-state index contributed by atoms with van der Waals surface area (Å²) in [5, 5.41) is 0.631. The molecule has 0 radical (unpaired) electrons. The van der Waals surface area contributed by atoms with Crippen LogP contribution >= 0.6 is 23.8 Å². The first kappa shape index (κ1) is 9.77. The average Bonchev–Trinajstić information content (AvgIpc) is 2.18. The van der Waals surface area contributed by atoms with Crippen LogP contribution < -0.4 is 0 Å². The maximum atomic E-state index is 6.04. The van der Waals surface area contributed by atoms with Gasteiger partial charge in [-0.15, -0.1) is 0 Å². The molecule has 1 atom stereocenters. The average molecular weight is 226 g/mol. The Morgan fingerprint density at radius 3 is 3.00 bits per heavy atom. The van der Waals surface area contributed by atoms with Crippen molar-refractivity contribution >= 4 is 34.4 Å². The van der Waals surface area contributed by atoms with Gasteiger partial charge < -0.3 is 4.74 Å². The molecule has 0 saturated heterocycles. The lowest BCUT2D eigenvalue weighted by Gasteiger charge is -2.22. The molecule has 14 heavy (non-hydrogen) atoms. The van der Waals surface area contributed by atoms with Crippen LogP contribution in [0.4, 0.5) is 0 Å². The molecule has 1 heterocycles. The van der Waals surface area contributed by atoms with Crippen molar-refractivity contribution in [2.45, 2.75) is 6.10 Å². The third-order valence-corrected chi connectivity index (χ3v) is 2.78. The van der Waals surface area contributed by atoms with Gasteiger partial charge in [0.05, 0.1) is 10.7 Å². The smallest absolute Gasteiger partial charge is 0.118 e. The van der Waals surface area contributed by atoms with E-state index in [-0.39, 0.29) is 6.10 Å². The summed E-state index contributed by atoms with van der Waals surface area (Å²) in [6.07, 6.45) is 6.97. The Balaban J connectivity index is 2.52. The molecular formula is C10H8ClNOS. The van der Waals surface area contributed by atoms with Crippen LogP contribution in [0, 0.1) is 0 Å².